The molecule has 0 spiro atoms. The number of rotatable bonds is 6. The third-order valence-electron chi connectivity index (χ3n) is 3.65. The molecule has 1 amide bonds. The molecule has 0 unspecified atom stereocenters. The maximum atomic E-state index is 11.8. The summed E-state index contributed by atoms with van der Waals surface area (Å²) in [6, 6.07) is 5.94. The summed E-state index contributed by atoms with van der Waals surface area (Å²) in [7, 11) is 0. The number of hydrogen-bond donors (Lipinski definition) is 2. The smallest absolute Gasteiger partial charge is 0.355 e. The van der Waals surface area contributed by atoms with Crippen molar-refractivity contribution in [2.24, 2.45) is 0 Å². The van der Waals surface area contributed by atoms with Gasteiger partial charge in [0, 0.05) is 5.38 Å². The van der Waals surface area contributed by atoms with E-state index in [0.717, 1.165) is 12.8 Å². The Hall–Kier alpha value is -2.41. The van der Waals surface area contributed by atoms with Crippen LogP contribution in [0.3, 0.4) is 0 Å². The summed E-state index contributed by atoms with van der Waals surface area (Å²) >= 11 is 1.20. The van der Waals surface area contributed by atoms with Crippen LogP contribution in [0.2, 0.25) is 0 Å². The number of carboxylic acid groups (broad SMARTS) is 1. The van der Waals surface area contributed by atoms with Crippen LogP contribution in [-0.2, 0) is 24.2 Å². The number of amides is 1. The van der Waals surface area contributed by atoms with E-state index in [4.69, 9.17) is 9.84 Å². The summed E-state index contributed by atoms with van der Waals surface area (Å²) in [5.41, 5.74) is 2.65. The molecule has 1 aliphatic rings. The molecule has 0 bridgehead atoms. The predicted molar refractivity (Wildman–Crippen MR) is 84.9 cm³/mol. The molecule has 1 aromatic carbocycles. The molecule has 0 radical (unpaired) electrons. The Morgan fingerprint density at radius 3 is 2.91 bits per heavy atom. The molecule has 1 aliphatic carbocycles. The summed E-state index contributed by atoms with van der Waals surface area (Å²) in [6.45, 7) is 0.125. The maximum absolute atomic E-state index is 11.8. The van der Waals surface area contributed by atoms with Crippen molar-refractivity contribution in [3.05, 3.63) is 45.4 Å². The van der Waals surface area contributed by atoms with Gasteiger partial charge in [0.05, 0.1) is 6.54 Å². The number of aryl methyl sites for hydroxylation is 2. The number of aromatic nitrogens is 1. The van der Waals surface area contributed by atoms with Gasteiger partial charge in [0.25, 0.3) is 5.91 Å². The van der Waals surface area contributed by atoms with Crippen molar-refractivity contribution < 1.29 is 19.4 Å². The van der Waals surface area contributed by atoms with Crippen LogP contribution in [0.15, 0.2) is 23.6 Å². The Bertz CT molecular complexity index is 741. The molecule has 23 heavy (non-hydrogen) atoms. The van der Waals surface area contributed by atoms with Crippen LogP contribution in [0.1, 0.15) is 33.0 Å². The highest BCUT2D eigenvalue weighted by Crippen LogP contribution is 2.25. The highest BCUT2D eigenvalue weighted by atomic mass is 32.1. The first-order chi connectivity index (χ1) is 11.1. The first-order valence-electron chi connectivity index (χ1n) is 7.31. The summed E-state index contributed by atoms with van der Waals surface area (Å²) in [4.78, 5) is 26.4. The number of hydrogen-bond acceptors (Lipinski definition) is 5. The largest absolute Gasteiger partial charge is 0.484 e. The van der Waals surface area contributed by atoms with Crippen LogP contribution in [0.4, 0.5) is 0 Å². The lowest BCUT2D eigenvalue weighted by Gasteiger charge is -2.08. The Labute approximate surface area is 137 Å². The second-order valence-electron chi connectivity index (χ2n) is 5.28. The van der Waals surface area contributed by atoms with Crippen molar-refractivity contribution in [3.8, 4) is 5.75 Å². The van der Waals surface area contributed by atoms with E-state index in [2.05, 4.69) is 16.4 Å². The van der Waals surface area contributed by atoms with Gasteiger partial charge >= 0.3 is 5.97 Å². The van der Waals surface area contributed by atoms with Crippen LogP contribution in [0.5, 0.6) is 5.75 Å². The zero-order valence-corrected chi connectivity index (χ0v) is 13.2. The predicted octanol–water partition coefficient (Wildman–Crippen LogP) is 2.03. The summed E-state index contributed by atoms with van der Waals surface area (Å²) in [6.07, 6.45) is 3.35. The van der Waals surface area contributed by atoms with Crippen molar-refractivity contribution in [2.75, 3.05) is 6.61 Å². The van der Waals surface area contributed by atoms with E-state index >= 15 is 0 Å². The summed E-state index contributed by atoms with van der Waals surface area (Å²) in [5.74, 6) is -0.639. The Morgan fingerprint density at radius 2 is 2.13 bits per heavy atom. The molecule has 1 heterocycles. The van der Waals surface area contributed by atoms with Crippen LogP contribution < -0.4 is 10.1 Å². The normalized spacial score (nSPS) is 12.7. The van der Waals surface area contributed by atoms with Gasteiger partial charge < -0.3 is 15.2 Å². The SMILES string of the molecule is O=C(COc1ccc2c(c1)CCC2)NCc1nc(C(=O)O)cs1. The average Bonchev–Trinajstić information content (AvgIpc) is 3.19. The fourth-order valence-electron chi connectivity index (χ4n) is 2.50. The van der Waals surface area contributed by atoms with E-state index in [9.17, 15) is 9.59 Å². The van der Waals surface area contributed by atoms with E-state index in [1.807, 2.05) is 12.1 Å². The monoisotopic (exact) mass is 332 g/mol. The summed E-state index contributed by atoms with van der Waals surface area (Å²) < 4.78 is 5.50. The van der Waals surface area contributed by atoms with E-state index < -0.39 is 5.97 Å². The van der Waals surface area contributed by atoms with Gasteiger partial charge in [-0.25, -0.2) is 9.78 Å². The van der Waals surface area contributed by atoms with E-state index in [0.29, 0.717) is 10.8 Å². The van der Waals surface area contributed by atoms with Crippen molar-refractivity contribution in [2.45, 2.75) is 25.8 Å². The zero-order valence-electron chi connectivity index (χ0n) is 12.4. The number of benzene rings is 1. The molecule has 0 fully saturated rings. The highest BCUT2D eigenvalue weighted by molar-refractivity contribution is 7.09. The minimum absolute atomic E-state index is 0.00589. The minimum Gasteiger partial charge on any atom is -0.484 e. The number of thiazole rings is 1. The standard InChI is InChI=1S/C16H16N2O4S/c19-14(17-7-15-18-13(9-23-15)16(20)21)8-22-12-5-4-10-2-1-3-11(10)6-12/h4-6,9H,1-3,7-8H2,(H,17,19)(H,20,21). The van der Waals surface area contributed by atoms with Crippen LogP contribution in [0, 0.1) is 0 Å². The lowest BCUT2D eigenvalue weighted by Crippen LogP contribution is -2.28. The number of nitrogens with zero attached hydrogens (tertiary/aromatic N) is 1. The van der Waals surface area contributed by atoms with E-state index in [1.54, 1.807) is 0 Å². The van der Waals surface area contributed by atoms with Gasteiger partial charge in [0.2, 0.25) is 0 Å². The quantitative estimate of drug-likeness (QED) is 0.845. The Morgan fingerprint density at radius 1 is 1.30 bits per heavy atom. The fraction of sp³-hybridized carbons (Fsp3) is 0.312. The maximum Gasteiger partial charge on any atom is 0.355 e. The summed E-state index contributed by atoms with van der Waals surface area (Å²) in [5, 5.41) is 13.5. The lowest BCUT2D eigenvalue weighted by atomic mass is 10.1. The van der Waals surface area contributed by atoms with Crippen molar-refractivity contribution >= 4 is 23.2 Å². The number of fused-ring (bicyclic) bond motifs is 1. The molecule has 2 aromatic rings. The third kappa shape index (κ3) is 3.87. The second kappa shape index (κ2) is 6.78. The van der Waals surface area contributed by atoms with Crippen molar-refractivity contribution in [3.63, 3.8) is 0 Å². The van der Waals surface area contributed by atoms with Gasteiger partial charge in [-0.1, -0.05) is 6.07 Å². The van der Waals surface area contributed by atoms with E-state index in [-0.39, 0.29) is 24.8 Å². The topological polar surface area (TPSA) is 88.5 Å². The highest BCUT2D eigenvalue weighted by Gasteiger charge is 2.12. The molecule has 3 rings (SSSR count). The molecule has 120 valence electrons. The molecule has 0 saturated heterocycles. The number of aromatic carboxylic acids is 1. The van der Waals surface area contributed by atoms with Gasteiger partial charge in [-0.2, -0.15) is 0 Å². The van der Waals surface area contributed by atoms with Gasteiger partial charge in [-0.3, -0.25) is 4.79 Å². The molecule has 6 nitrogen and oxygen atoms in total. The molecule has 2 N–H and O–H groups in total. The minimum atomic E-state index is -1.07. The lowest BCUT2D eigenvalue weighted by molar-refractivity contribution is -0.123. The first-order valence-corrected chi connectivity index (χ1v) is 8.19. The van der Waals surface area contributed by atoms with Gasteiger partial charge in [0.15, 0.2) is 12.3 Å². The van der Waals surface area contributed by atoms with Crippen LogP contribution in [0.25, 0.3) is 0 Å². The molecule has 1 aromatic heterocycles. The molecule has 0 aliphatic heterocycles. The Balaban J connectivity index is 1.46. The Kier molecular flexibility index (Phi) is 4.57. The first kappa shape index (κ1) is 15.5. The zero-order chi connectivity index (χ0) is 16.2. The number of ether oxygens (including phenoxy) is 1. The number of nitrogens with one attached hydrogen (secondary N) is 1. The van der Waals surface area contributed by atoms with Crippen LogP contribution >= 0.6 is 11.3 Å². The number of carboxylic acids is 1. The fourth-order valence-corrected chi connectivity index (χ4v) is 3.21. The average molecular weight is 332 g/mol. The number of carbonyl (C=O) groups excluding carboxylic acids is 1. The third-order valence-corrected chi connectivity index (χ3v) is 4.50. The van der Waals surface area contributed by atoms with Gasteiger partial charge in [0.1, 0.15) is 10.8 Å². The molecular weight excluding hydrogens is 316 g/mol. The second-order valence-corrected chi connectivity index (χ2v) is 6.22. The van der Waals surface area contributed by atoms with Gasteiger partial charge in [-0.15, -0.1) is 11.3 Å². The van der Waals surface area contributed by atoms with Crippen LogP contribution in [-0.4, -0.2) is 28.6 Å². The number of carbonyl (C=O) groups is 2. The van der Waals surface area contributed by atoms with Gasteiger partial charge in [-0.05, 0) is 42.5 Å². The molecular formula is C16H16N2O4S. The molecule has 7 heteroatoms. The molecule has 0 atom stereocenters. The molecule has 0 saturated carbocycles. The van der Waals surface area contributed by atoms with E-state index in [1.165, 1.54) is 34.3 Å². The van der Waals surface area contributed by atoms with Crippen molar-refractivity contribution in [1.82, 2.24) is 10.3 Å². The van der Waals surface area contributed by atoms with Crippen molar-refractivity contribution in [1.29, 1.82) is 0 Å².